The van der Waals surface area contributed by atoms with Gasteiger partial charge >= 0.3 is 0 Å². The molecule has 4 aliphatic carbocycles. The summed E-state index contributed by atoms with van der Waals surface area (Å²) < 4.78 is 6.57. The Balaban J connectivity index is 1.32. The summed E-state index contributed by atoms with van der Waals surface area (Å²) in [4.78, 5) is 0. The van der Waals surface area contributed by atoms with E-state index in [0.717, 1.165) is 30.3 Å². The zero-order valence-corrected chi connectivity index (χ0v) is 17.5. The van der Waals surface area contributed by atoms with Crippen LogP contribution in [0.1, 0.15) is 83.6 Å². The molecular formula is C26H38O. The van der Waals surface area contributed by atoms with E-state index < -0.39 is 0 Å². The molecule has 0 amide bonds. The lowest BCUT2D eigenvalue weighted by atomic mass is 9.45. The highest BCUT2D eigenvalue weighted by Crippen LogP contribution is 2.66. The second-order valence-corrected chi connectivity index (χ2v) is 10.8. The minimum Gasteiger partial charge on any atom is -0.373 e. The van der Waals surface area contributed by atoms with Crippen LogP contribution in [0.2, 0.25) is 0 Å². The third-order valence-corrected chi connectivity index (χ3v) is 9.79. The first-order valence-electron chi connectivity index (χ1n) is 11.8. The van der Waals surface area contributed by atoms with Gasteiger partial charge in [-0.2, -0.15) is 0 Å². The van der Waals surface area contributed by atoms with Crippen LogP contribution >= 0.6 is 0 Å². The van der Waals surface area contributed by atoms with Gasteiger partial charge in [-0.3, -0.25) is 0 Å². The van der Waals surface area contributed by atoms with Crippen LogP contribution in [0.25, 0.3) is 0 Å². The van der Waals surface area contributed by atoms with Gasteiger partial charge in [0.1, 0.15) is 0 Å². The van der Waals surface area contributed by atoms with Gasteiger partial charge < -0.3 is 4.74 Å². The number of benzene rings is 1. The average Bonchev–Trinajstić information content (AvgIpc) is 3.03. The van der Waals surface area contributed by atoms with Crippen molar-refractivity contribution < 1.29 is 4.74 Å². The Morgan fingerprint density at radius 1 is 0.815 bits per heavy atom. The van der Waals surface area contributed by atoms with E-state index in [1.165, 1.54) is 69.8 Å². The highest BCUT2D eigenvalue weighted by molar-refractivity contribution is 5.14. The van der Waals surface area contributed by atoms with E-state index in [0.29, 0.717) is 16.9 Å². The molecule has 0 heterocycles. The van der Waals surface area contributed by atoms with E-state index in [9.17, 15) is 0 Å². The number of hydrogen-bond donors (Lipinski definition) is 0. The molecule has 7 atom stereocenters. The highest BCUT2D eigenvalue weighted by atomic mass is 16.5. The SMILES string of the molecule is C[C@]12CCCC[C@@H]1CC[C@@H]1[C@H]2CC[C@]2(C)[C@@H](OCc3ccccc3)CC[C@@H]12. The van der Waals surface area contributed by atoms with E-state index in [2.05, 4.69) is 44.2 Å². The zero-order chi connectivity index (χ0) is 18.5. The van der Waals surface area contributed by atoms with Gasteiger partial charge in [0, 0.05) is 0 Å². The monoisotopic (exact) mass is 366 g/mol. The molecule has 1 heteroatoms. The Labute approximate surface area is 166 Å². The third-order valence-electron chi connectivity index (χ3n) is 9.79. The molecule has 1 aromatic carbocycles. The lowest BCUT2D eigenvalue weighted by Crippen LogP contribution is -2.53. The van der Waals surface area contributed by atoms with E-state index >= 15 is 0 Å². The minimum atomic E-state index is 0.424. The van der Waals surface area contributed by atoms with Gasteiger partial charge in [0.2, 0.25) is 0 Å². The van der Waals surface area contributed by atoms with Crippen LogP contribution < -0.4 is 0 Å². The maximum absolute atomic E-state index is 6.57. The third kappa shape index (κ3) is 2.91. The first-order valence-corrected chi connectivity index (χ1v) is 11.8. The van der Waals surface area contributed by atoms with E-state index in [1.807, 2.05) is 0 Å². The lowest BCUT2D eigenvalue weighted by molar-refractivity contribution is -0.132. The molecule has 4 aliphatic rings. The van der Waals surface area contributed by atoms with Gasteiger partial charge in [-0.05, 0) is 91.4 Å². The van der Waals surface area contributed by atoms with E-state index in [1.54, 1.807) is 0 Å². The Kier molecular flexibility index (Phi) is 4.66. The van der Waals surface area contributed by atoms with Crippen LogP contribution in [0.4, 0.5) is 0 Å². The average molecular weight is 367 g/mol. The summed E-state index contributed by atoms with van der Waals surface area (Å²) in [6, 6.07) is 10.8. The molecule has 5 rings (SSSR count). The van der Waals surface area contributed by atoms with Gasteiger partial charge in [0.25, 0.3) is 0 Å². The molecule has 0 unspecified atom stereocenters. The predicted octanol–water partition coefficient (Wildman–Crippen LogP) is 7.00. The summed E-state index contributed by atoms with van der Waals surface area (Å²) in [7, 11) is 0. The fraction of sp³-hybridized carbons (Fsp3) is 0.769. The Bertz CT molecular complexity index is 653. The largest absolute Gasteiger partial charge is 0.373 e. The summed E-state index contributed by atoms with van der Waals surface area (Å²) in [5, 5.41) is 0. The summed E-state index contributed by atoms with van der Waals surface area (Å²) in [6.45, 7) is 6.07. The Morgan fingerprint density at radius 2 is 1.63 bits per heavy atom. The fourth-order valence-electron chi connectivity index (χ4n) is 8.29. The van der Waals surface area contributed by atoms with E-state index in [-0.39, 0.29) is 0 Å². The molecule has 4 fully saturated rings. The molecule has 1 nitrogen and oxygen atoms in total. The summed E-state index contributed by atoms with van der Waals surface area (Å²) >= 11 is 0. The second kappa shape index (κ2) is 6.90. The van der Waals surface area contributed by atoms with Crippen LogP contribution in [0.5, 0.6) is 0 Å². The van der Waals surface area contributed by atoms with Crippen molar-refractivity contribution in [2.75, 3.05) is 0 Å². The minimum absolute atomic E-state index is 0.424. The molecule has 0 aliphatic heterocycles. The van der Waals surface area contributed by atoms with Gasteiger partial charge in [-0.25, -0.2) is 0 Å². The summed E-state index contributed by atoms with van der Waals surface area (Å²) in [6.07, 6.45) is 15.1. The number of hydrogen-bond acceptors (Lipinski definition) is 1. The van der Waals surface area contributed by atoms with Gasteiger partial charge in [-0.1, -0.05) is 57.0 Å². The molecule has 0 aromatic heterocycles. The topological polar surface area (TPSA) is 9.23 Å². The molecule has 1 aromatic rings. The highest BCUT2D eigenvalue weighted by Gasteiger charge is 2.59. The number of ether oxygens (including phenoxy) is 1. The molecule has 0 N–H and O–H groups in total. The zero-order valence-electron chi connectivity index (χ0n) is 17.5. The van der Waals surface area contributed by atoms with Crippen molar-refractivity contribution in [1.82, 2.24) is 0 Å². The first-order chi connectivity index (χ1) is 13.1. The molecule has 4 saturated carbocycles. The standard InChI is InChI=1S/C26H38O/c1-25-16-7-6-10-20(25)11-12-21-22-13-14-24(26(22,2)17-15-23(21)25)27-18-19-8-4-3-5-9-19/h3-5,8-9,20-24H,6-7,10-18H2,1-2H3/t20-,21+,22+,23-,24+,25+,26+/m1/s1. The summed E-state index contributed by atoms with van der Waals surface area (Å²) in [5.74, 6) is 3.93. The molecule has 0 radical (unpaired) electrons. The maximum atomic E-state index is 6.57. The maximum Gasteiger partial charge on any atom is 0.0720 e. The fourth-order valence-corrected chi connectivity index (χ4v) is 8.29. The van der Waals surface area contributed by atoms with Crippen molar-refractivity contribution in [3.05, 3.63) is 35.9 Å². The lowest BCUT2D eigenvalue weighted by Gasteiger charge is -2.60. The van der Waals surface area contributed by atoms with Crippen molar-refractivity contribution in [2.45, 2.75) is 90.8 Å². The van der Waals surface area contributed by atoms with Crippen LogP contribution in [-0.4, -0.2) is 6.10 Å². The molecular weight excluding hydrogens is 328 g/mol. The van der Waals surface area contributed by atoms with Crippen LogP contribution in [0.3, 0.4) is 0 Å². The molecule has 0 spiro atoms. The van der Waals surface area contributed by atoms with Crippen molar-refractivity contribution in [1.29, 1.82) is 0 Å². The van der Waals surface area contributed by atoms with Gasteiger partial charge in [0.15, 0.2) is 0 Å². The Hall–Kier alpha value is -0.820. The molecule has 0 saturated heterocycles. The number of rotatable bonds is 3. The quantitative estimate of drug-likeness (QED) is 0.559. The summed E-state index contributed by atoms with van der Waals surface area (Å²) in [5.41, 5.74) is 2.41. The smallest absolute Gasteiger partial charge is 0.0720 e. The molecule has 148 valence electrons. The van der Waals surface area contributed by atoms with Crippen LogP contribution in [0.15, 0.2) is 30.3 Å². The van der Waals surface area contributed by atoms with Gasteiger partial charge in [-0.15, -0.1) is 0 Å². The predicted molar refractivity (Wildman–Crippen MR) is 111 cm³/mol. The normalized spacial score (nSPS) is 46.4. The molecule has 0 bridgehead atoms. The van der Waals surface area contributed by atoms with E-state index in [4.69, 9.17) is 4.74 Å². The second-order valence-electron chi connectivity index (χ2n) is 10.8. The van der Waals surface area contributed by atoms with Crippen LogP contribution in [-0.2, 0) is 11.3 Å². The van der Waals surface area contributed by atoms with Gasteiger partial charge in [0.05, 0.1) is 12.7 Å². The molecule has 27 heavy (non-hydrogen) atoms. The van der Waals surface area contributed by atoms with Crippen molar-refractivity contribution in [3.8, 4) is 0 Å². The first kappa shape index (κ1) is 18.2. The Morgan fingerprint density at radius 3 is 2.48 bits per heavy atom. The van der Waals surface area contributed by atoms with Crippen molar-refractivity contribution in [3.63, 3.8) is 0 Å². The number of fused-ring (bicyclic) bond motifs is 5. The van der Waals surface area contributed by atoms with Crippen LogP contribution in [0, 0.1) is 34.5 Å². The van der Waals surface area contributed by atoms with Crippen molar-refractivity contribution >= 4 is 0 Å². The van der Waals surface area contributed by atoms with Crippen molar-refractivity contribution in [2.24, 2.45) is 34.5 Å².